The minimum atomic E-state index is -0.200. The summed E-state index contributed by atoms with van der Waals surface area (Å²) in [5.74, 6) is 0. The van der Waals surface area contributed by atoms with Gasteiger partial charge in [-0.15, -0.1) is 0 Å². The molecule has 1 aromatic heterocycles. The molecule has 11 rings (SSSR count). The van der Waals surface area contributed by atoms with Gasteiger partial charge in [0, 0.05) is 44.6 Å². The van der Waals surface area contributed by atoms with Crippen molar-refractivity contribution in [3.05, 3.63) is 242 Å². The quantitative estimate of drug-likeness (QED) is 0.153. The molecule has 0 saturated carbocycles. The number of rotatable bonds is 8. The molecule has 61 heavy (non-hydrogen) atoms. The summed E-state index contributed by atoms with van der Waals surface area (Å²) in [4.78, 5) is 7.26. The van der Waals surface area contributed by atoms with E-state index in [1.807, 2.05) is 0 Å². The molecule has 9 aromatic carbocycles. The van der Waals surface area contributed by atoms with Crippen LogP contribution in [0.25, 0.3) is 27.5 Å². The van der Waals surface area contributed by atoms with Crippen molar-refractivity contribution < 1.29 is 0 Å². The standard InChI is InChI=1S/C57H44N4/c1-57(2)48-31-16-19-34-52(48)60(53-35-20-17-32-49(53)57)55-37-21-36-54(59(43-26-11-5-12-27-43)44-28-13-6-14-29-44)56(55)61-50-33-18-15-30-46(50)47-40-45(38-39-51(47)61)58(41-22-7-3-8-23-41)42-24-9-4-10-25-42/h3-40H,1-2H3. The number of hydrogen-bond donors (Lipinski definition) is 0. The number of aromatic nitrogens is 1. The molecule has 4 heteroatoms. The Morgan fingerprint density at radius 3 is 1.34 bits per heavy atom. The third-order valence-corrected chi connectivity index (χ3v) is 12.3. The first-order chi connectivity index (χ1) is 30.1. The van der Waals surface area contributed by atoms with Gasteiger partial charge in [0.2, 0.25) is 0 Å². The van der Waals surface area contributed by atoms with Crippen LogP contribution in [-0.4, -0.2) is 4.57 Å². The van der Waals surface area contributed by atoms with E-state index in [9.17, 15) is 0 Å². The van der Waals surface area contributed by atoms with Crippen LogP contribution in [0.3, 0.4) is 0 Å². The van der Waals surface area contributed by atoms with Gasteiger partial charge in [0.1, 0.15) is 0 Å². The van der Waals surface area contributed by atoms with Crippen molar-refractivity contribution in [3.63, 3.8) is 0 Å². The van der Waals surface area contributed by atoms with Crippen LogP contribution in [0.2, 0.25) is 0 Å². The molecule has 0 amide bonds. The summed E-state index contributed by atoms with van der Waals surface area (Å²) in [7, 11) is 0. The molecule has 0 saturated heterocycles. The summed E-state index contributed by atoms with van der Waals surface area (Å²) in [6, 6.07) is 83.4. The molecule has 0 bridgehead atoms. The average Bonchev–Trinajstić information content (AvgIpc) is 3.64. The summed E-state index contributed by atoms with van der Waals surface area (Å²) < 4.78 is 2.51. The van der Waals surface area contributed by atoms with Crippen molar-refractivity contribution in [2.75, 3.05) is 14.7 Å². The first-order valence-corrected chi connectivity index (χ1v) is 21.0. The fourth-order valence-corrected chi connectivity index (χ4v) is 9.56. The van der Waals surface area contributed by atoms with Crippen LogP contribution in [0, 0.1) is 0 Å². The molecule has 10 aromatic rings. The number of nitrogens with zero attached hydrogens (tertiary/aromatic N) is 4. The lowest BCUT2D eigenvalue weighted by Crippen LogP contribution is -2.31. The van der Waals surface area contributed by atoms with Crippen molar-refractivity contribution in [1.29, 1.82) is 0 Å². The number of benzene rings is 9. The Labute approximate surface area is 357 Å². The Balaban J connectivity index is 1.25. The predicted octanol–water partition coefficient (Wildman–Crippen LogP) is 15.8. The van der Waals surface area contributed by atoms with E-state index in [0.29, 0.717) is 0 Å². The number of para-hydroxylation sites is 8. The second kappa shape index (κ2) is 14.8. The van der Waals surface area contributed by atoms with E-state index in [4.69, 9.17) is 0 Å². The van der Waals surface area contributed by atoms with Crippen molar-refractivity contribution in [2.45, 2.75) is 19.3 Å². The van der Waals surface area contributed by atoms with Crippen LogP contribution in [0.1, 0.15) is 25.0 Å². The van der Waals surface area contributed by atoms with Gasteiger partial charge < -0.3 is 19.3 Å². The van der Waals surface area contributed by atoms with E-state index in [2.05, 4.69) is 264 Å². The Morgan fingerprint density at radius 1 is 0.344 bits per heavy atom. The van der Waals surface area contributed by atoms with Gasteiger partial charge in [-0.05, 0) is 108 Å². The molecule has 1 aliphatic heterocycles. The minimum absolute atomic E-state index is 0.200. The Bertz CT molecular complexity index is 3040. The first-order valence-electron chi connectivity index (χ1n) is 21.0. The molecule has 0 atom stereocenters. The smallest absolute Gasteiger partial charge is 0.0946 e. The molecule has 292 valence electrons. The summed E-state index contributed by atoms with van der Waals surface area (Å²) in [6.07, 6.45) is 0. The fourth-order valence-electron chi connectivity index (χ4n) is 9.56. The van der Waals surface area contributed by atoms with E-state index in [-0.39, 0.29) is 5.41 Å². The van der Waals surface area contributed by atoms with Gasteiger partial charge in [-0.3, -0.25) is 0 Å². The van der Waals surface area contributed by atoms with Crippen molar-refractivity contribution >= 4 is 73.0 Å². The maximum Gasteiger partial charge on any atom is 0.0946 e. The summed E-state index contributed by atoms with van der Waals surface area (Å²) in [5, 5.41) is 2.37. The number of anilines is 9. The van der Waals surface area contributed by atoms with E-state index in [1.165, 1.54) is 33.3 Å². The number of hydrogen-bond acceptors (Lipinski definition) is 3. The molecule has 2 heterocycles. The monoisotopic (exact) mass is 784 g/mol. The van der Waals surface area contributed by atoms with Crippen molar-refractivity contribution in [1.82, 2.24) is 4.57 Å². The van der Waals surface area contributed by atoms with Gasteiger partial charge in [0.25, 0.3) is 0 Å². The van der Waals surface area contributed by atoms with Gasteiger partial charge in [0.05, 0.1) is 39.5 Å². The SMILES string of the molecule is CC1(C)c2ccccc2N(c2cccc(N(c3ccccc3)c3ccccc3)c2-n2c3ccccc3c3cc(N(c4ccccc4)c4ccccc4)ccc32)c2ccccc21. The number of fused-ring (bicyclic) bond motifs is 5. The summed E-state index contributed by atoms with van der Waals surface area (Å²) in [5.41, 5.74) is 15.7. The zero-order valence-electron chi connectivity index (χ0n) is 34.2. The minimum Gasteiger partial charge on any atom is -0.310 e. The molecule has 0 spiro atoms. The maximum absolute atomic E-state index is 2.51. The first kappa shape index (κ1) is 36.3. The van der Waals surface area contributed by atoms with Crippen LogP contribution in [0.4, 0.5) is 51.2 Å². The van der Waals surface area contributed by atoms with Crippen LogP contribution in [0.5, 0.6) is 0 Å². The van der Waals surface area contributed by atoms with E-state index >= 15 is 0 Å². The molecule has 1 aliphatic rings. The van der Waals surface area contributed by atoms with Gasteiger partial charge >= 0.3 is 0 Å². The molecule has 0 N–H and O–H groups in total. The third kappa shape index (κ3) is 5.98. The zero-order valence-corrected chi connectivity index (χ0v) is 34.2. The van der Waals surface area contributed by atoms with Gasteiger partial charge in [0.15, 0.2) is 0 Å². The van der Waals surface area contributed by atoms with Crippen LogP contribution in [-0.2, 0) is 5.41 Å². The third-order valence-electron chi connectivity index (χ3n) is 12.3. The van der Waals surface area contributed by atoms with Crippen LogP contribution >= 0.6 is 0 Å². The molecule has 0 aliphatic carbocycles. The zero-order chi connectivity index (χ0) is 40.9. The highest BCUT2D eigenvalue weighted by Crippen LogP contribution is 2.55. The van der Waals surface area contributed by atoms with Crippen molar-refractivity contribution in [3.8, 4) is 5.69 Å². The molecular formula is C57H44N4. The molecule has 4 nitrogen and oxygen atoms in total. The Hall–Kier alpha value is -7.82. The average molecular weight is 785 g/mol. The molecular weight excluding hydrogens is 741 g/mol. The predicted molar refractivity (Wildman–Crippen MR) is 257 cm³/mol. The second-order valence-corrected chi connectivity index (χ2v) is 16.2. The lowest BCUT2D eigenvalue weighted by atomic mass is 9.73. The molecule has 0 radical (unpaired) electrons. The van der Waals surface area contributed by atoms with E-state index < -0.39 is 0 Å². The maximum atomic E-state index is 2.51. The highest BCUT2D eigenvalue weighted by molar-refractivity contribution is 6.12. The van der Waals surface area contributed by atoms with Gasteiger partial charge in [-0.1, -0.05) is 147 Å². The Kier molecular flexibility index (Phi) is 8.79. The van der Waals surface area contributed by atoms with Gasteiger partial charge in [-0.25, -0.2) is 0 Å². The largest absolute Gasteiger partial charge is 0.310 e. The highest BCUT2D eigenvalue weighted by atomic mass is 15.2. The van der Waals surface area contributed by atoms with Gasteiger partial charge in [-0.2, -0.15) is 0 Å². The lowest BCUT2D eigenvalue weighted by Gasteiger charge is -2.43. The normalized spacial score (nSPS) is 12.9. The lowest BCUT2D eigenvalue weighted by molar-refractivity contribution is 0.632. The van der Waals surface area contributed by atoms with Crippen molar-refractivity contribution in [2.24, 2.45) is 0 Å². The van der Waals surface area contributed by atoms with E-state index in [1.54, 1.807) is 0 Å². The molecule has 0 unspecified atom stereocenters. The highest BCUT2D eigenvalue weighted by Gasteiger charge is 2.38. The summed E-state index contributed by atoms with van der Waals surface area (Å²) >= 11 is 0. The van der Waals surface area contributed by atoms with Crippen LogP contribution < -0.4 is 14.7 Å². The topological polar surface area (TPSA) is 14.7 Å². The Morgan fingerprint density at radius 2 is 0.787 bits per heavy atom. The van der Waals surface area contributed by atoms with Crippen LogP contribution in [0.15, 0.2) is 231 Å². The van der Waals surface area contributed by atoms with E-state index in [0.717, 1.165) is 56.5 Å². The summed E-state index contributed by atoms with van der Waals surface area (Å²) in [6.45, 7) is 4.70. The molecule has 0 fully saturated rings. The fraction of sp³-hybridized carbons (Fsp3) is 0.0526. The second-order valence-electron chi connectivity index (χ2n) is 16.2.